The number of unbranched alkanes of at least 4 members (excludes halogenated alkanes) is 25. The molecule has 0 fully saturated rings. The molecule has 0 bridgehead atoms. The number of ether oxygens (including phenoxy) is 3. The topological polar surface area (TPSA) is 78.9 Å². The molecule has 0 aromatic carbocycles. The molecular weight excluding hydrogens is 829 g/mol. The summed E-state index contributed by atoms with van der Waals surface area (Å²) >= 11 is 0. The van der Waals surface area contributed by atoms with E-state index in [1.54, 1.807) is 0 Å². The first kappa shape index (κ1) is 63.1. The molecule has 0 amide bonds. The van der Waals surface area contributed by atoms with Gasteiger partial charge >= 0.3 is 17.9 Å². The van der Waals surface area contributed by atoms with E-state index in [0.29, 0.717) is 12.8 Å². The molecule has 6 nitrogen and oxygen atoms in total. The van der Waals surface area contributed by atoms with Crippen molar-refractivity contribution in [3.8, 4) is 0 Å². The van der Waals surface area contributed by atoms with Crippen molar-refractivity contribution < 1.29 is 28.6 Å². The maximum absolute atomic E-state index is 12.8. The summed E-state index contributed by atoms with van der Waals surface area (Å²) in [7, 11) is 0. The third kappa shape index (κ3) is 52.9. The molecule has 0 aliphatic carbocycles. The van der Waals surface area contributed by atoms with Crippen molar-refractivity contribution in [3.63, 3.8) is 0 Å². The van der Waals surface area contributed by atoms with E-state index in [1.165, 1.54) is 89.9 Å². The van der Waals surface area contributed by atoms with Crippen LogP contribution in [0, 0.1) is 0 Å². The summed E-state index contributed by atoms with van der Waals surface area (Å²) in [5.41, 5.74) is 0. The van der Waals surface area contributed by atoms with Crippen LogP contribution in [0.2, 0.25) is 0 Å². The highest BCUT2D eigenvalue weighted by Gasteiger charge is 2.19. The minimum atomic E-state index is -0.809. The first-order valence-electron chi connectivity index (χ1n) is 27.5. The van der Waals surface area contributed by atoms with Crippen LogP contribution >= 0.6 is 0 Å². The molecule has 6 heteroatoms. The zero-order valence-electron chi connectivity index (χ0n) is 43.4. The zero-order chi connectivity index (χ0) is 48.6. The van der Waals surface area contributed by atoms with Gasteiger partial charge < -0.3 is 14.2 Å². The van der Waals surface area contributed by atoms with E-state index in [2.05, 4.69) is 130 Å². The minimum absolute atomic E-state index is 0.105. The largest absolute Gasteiger partial charge is 0.462 e. The van der Waals surface area contributed by atoms with Crippen molar-refractivity contribution >= 4 is 17.9 Å². The normalized spacial score (nSPS) is 12.9. The van der Waals surface area contributed by atoms with Gasteiger partial charge in [-0.2, -0.15) is 0 Å². The van der Waals surface area contributed by atoms with E-state index < -0.39 is 6.10 Å². The van der Waals surface area contributed by atoms with Gasteiger partial charge in [-0.25, -0.2) is 0 Å². The van der Waals surface area contributed by atoms with E-state index in [9.17, 15) is 14.4 Å². The number of esters is 3. The fourth-order valence-corrected chi connectivity index (χ4v) is 7.27. The SMILES string of the molecule is CC\C=C/C=C\C=C/CCCCCCCCCC(=O)OCC(COC(=O)CCCCCCC\C=C/C=C\C=C/C=C\CCCCC)OC(=O)CCCCC/C=C\C=C/CCCCCCCCC. The molecule has 0 saturated carbocycles. The lowest BCUT2D eigenvalue weighted by Crippen LogP contribution is -2.30. The monoisotopic (exact) mass is 929 g/mol. The molecule has 0 spiro atoms. The summed E-state index contributed by atoms with van der Waals surface area (Å²) < 4.78 is 16.8. The van der Waals surface area contributed by atoms with Gasteiger partial charge in [0.05, 0.1) is 0 Å². The predicted molar refractivity (Wildman–Crippen MR) is 288 cm³/mol. The second-order valence-corrected chi connectivity index (χ2v) is 17.9. The standard InChI is InChI=1S/C61H100O6/c1-4-7-10-13-16-19-22-25-28-30-31-34-36-39-42-45-48-51-54-60(63)66-57-58(56-65-59(62)53-50-47-44-41-38-35-32-27-24-21-18-15-12-9-6-3)67-61(64)55-52-49-46-43-40-37-33-29-26-23-20-17-14-11-8-5-2/h9,12,15-16,18-19,21-22,24-25,28-31,33-34,37,40,58H,4-8,10-11,13-14,17,20,23,26-27,32,35-36,38-39,41-57H2,1-3H3/b12-9-,18-15-,19-16-,24-21-,25-22-,30-28-,33-29-,34-31-,40-37-. The van der Waals surface area contributed by atoms with Gasteiger partial charge in [0.1, 0.15) is 13.2 Å². The summed E-state index contributed by atoms with van der Waals surface area (Å²) in [6.07, 6.45) is 73.5. The molecule has 0 aromatic rings. The first-order valence-corrected chi connectivity index (χ1v) is 27.5. The van der Waals surface area contributed by atoms with Crippen molar-refractivity contribution in [1.82, 2.24) is 0 Å². The third-order valence-electron chi connectivity index (χ3n) is 11.4. The molecule has 0 aromatic heterocycles. The first-order chi connectivity index (χ1) is 33.0. The molecule has 1 atom stereocenters. The molecule has 1 unspecified atom stereocenters. The Balaban J connectivity index is 4.51. The van der Waals surface area contributed by atoms with Gasteiger partial charge in [0.2, 0.25) is 0 Å². The fourth-order valence-electron chi connectivity index (χ4n) is 7.27. The van der Waals surface area contributed by atoms with Crippen LogP contribution in [-0.2, 0) is 28.6 Å². The highest BCUT2D eigenvalue weighted by atomic mass is 16.6. The van der Waals surface area contributed by atoms with E-state index in [0.717, 1.165) is 109 Å². The number of carbonyl (C=O) groups excluding carboxylic acids is 3. The van der Waals surface area contributed by atoms with Crippen molar-refractivity contribution in [2.75, 3.05) is 13.2 Å². The highest BCUT2D eigenvalue weighted by molar-refractivity contribution is 5.71. The van der Waals surface area contributed by atoms with Crippen LogP contribution < -0.4 is 0 Å². The summed E-state index contributed by atoms with van der Waals surface area (Å²) in [5.74, 6) is -0.968. The summed E-state index contributed by atoms with van der Waals surface area (Å²) in [6, 6.07) is 0. The molecule has 0 heterocycles. The van der Waals surface area contributed by atoms with Crippen LogP contribution in [0.1, 0.15) is 239 Å². The average molecular weight is 929 g/mol. The molecule has 0 rings (SSSR count). The van der Waals surface area contributed by atoms with Crippen LogP contribution in [0.3, 0.4) is 0 Å². The second kappa shape index (κ2) is 54.7. The van der Waals surface area contributed by atoms with Crippen LogP contribution in [0.15, 0.2) is 109 Å². The van der Waals surface area contributed by atoms with E-state index in [1.807, 2.05) is 0 Å². The lowest BCUT2D eigenvalue weighted by Gasteiger charge is -2.18. The molecule has 0 radical (unpaired) electrons. The van der Waals surface area contributed by atoms with E-state index >= 15 is 0 Å². The average Bonchev–Trinajstić information content (AvgIpc) is 3.33. The Morgan fingerprint density at radius 1 is 0.313 bits per heavy atom. The number of allylic oxidation sites excluding steroid dienone is 18. The Morgan fingerprint density at radius 2 is 0.582 bits per heavy atom. The maximum Gasteiger partial charge on any atom is 0.306 e. The molecular formula is C61H100O6. The highest BCUT2D eigenvalue weighted by Crippen LogP contribution is 2.14. The van der Waals surface area contributed by atoms with Crippen molar-refractivity contribution in [3.05, 3.63) is 109 Å². The number of hydrogen-bond donors (Lipinski definition) is 0. The second-order valence-electron chi connectivity index (χ2n) is 17.9. The molecule has 67 heavy (non-hydrogen) atoms. The molecule has 0 saturated heterocycles. The summed E-state index contributed by atoms with van der Waals surface area (Å²) in [5, 5.41) is 0. The Hall–Kier alpha value is -3.93. The zero-order valence-corrected chi connectivity index (χ0v) is 43.4. The van der Waals surface area contributed by atoms with Gasteiger partial charge in [-0.3, -0.25) is 14.4 Å². The number of carbonyl (C=O) groups is 3. The maximum atomic E-state index is 12.8. The van der Waals surface area contributed by atoms with E-state index in [4.69, 9.17) is 14.2 Å². The molecule has 0 aliphatic heterocycles. The van der Waals surface area contributed by atoms with Crippen molar-refractivity contribution in [1.29, 1.82) is 0 Å². The number of hydrogen-bond acceptors (Lipinski definition) is 6. The fraction of sp³-hybridized carbons (Fsp3) is 0.656. The van der Waals surface area contributed by atoms with E-state index in [-0.39, 0.29) is 37.5 Å². The van der Waals surface area contributed by atoms with Crippen molar-refractivity contribution in [2.45, 2.75) is 245 Å². The molecule has 0 N–H and O–H groups in total. The quantitative estimate of drug-likeness (QED) is 0.0262. The van der Waals surface area contributed by atoms with Crippen LogP contribution in [0.4, 0.5) is 0 Å². The van der Waals surface area contributed by atoms with Gasteiger partial charge in [0, 0.05) is 19.3 Å². The van der Waals surface area contributed by atoms with Gasteiger partial charge in [-0.15, -0.1) is 0 Å². The van der Waals surface area contributed by atoms with Gasteiger partial charge in [0.25, 0.3) is 0 Å². The van der Waals surface area contributed by atoms with Gasteiger partial charge in [-0.1, -0.05) is 239 Å². The Labute approximate surface area is 412 Å². The van der Waals surface area contributed by atoms with Crippen molar-refractivity contribution in [2.24, 2.45) is 0 Å². The van der Waals surface area contributed by atoms with Gasteiger partial charge in [0.15, 0.2) is 6.10 Å². The molecule has 0 aliphatic rings. The van der Waals surface area contributed by atoms with Crippen LogP contribution in [0.25, 0.3) is 0 Å². The Morgan fingerprint density at radius 3 is 0.970 bits per heavy atom. The smallest absolute Gasteiger partial charge is 0.306 e. The summed E-state index contributed by atoms with van der Waals surface area (Å²) in [6.45, 7) is 6.41. The Kier molecular flexibility index (Phi) is 51.5. The Bertz CT molecular complexity index is 1390. The lowest BCUT2D eigenvalue weighted by molar-refractivity contribution is -0.167. The predicted octanol–water partition coefficient (Wildman–Crippen LogP) is 18.3. The van der Waals surface area contributed by atoms with Crippen LogP contribution in [-0.4, -0.2) is 37.2 Å². The van der Waals surface area contributed by atoms with Gasteiger partial charge in [-0.05, 0) is 89.9 Å². The lowest BCUT2D eigenvalue weighted by atomic mass is 10.1. The van der Waals surface area contributed by atoms with Crippen LogP contribution in [0.5, 0.6) is 0 Å². The number of rotatable bonds is 48. The summed E-state index contributed by atoms with van der Waals surface area (Å²) in [4.78, 5) is 38.1. The molecule has 380 valence electrons. The minimum Gasteiger partial charge on any atom is -0.462 e. The third-order valence-corrected chi connectivity index (χ3v) is 11.4.